The van der Waals surface area contributed by atoms with E-state index in [9.17, 15) is 14.4 Å². The highest BCUT2D eigenvalue weighted by atomic mass is 16.2. The predicted octanol–water partition coefficient (Wildman–Crippen LogP) is -0.924. The van der Waals surface area contributed by atoms with E-state index < -0.39 is 0 Å². The van der Waals surface area contributed by atoms with Crippen LogP contribution in [0.5, 0.6) is 0 Å². The van der Waals surface area contributed by atoms with Crippen LogP contribution in [0.3, 0.4) is 0 Å². The lowest BCUT2D eigenvalue weighted by Crippen LogP contribution is -2.28. The van der Waals surface area contributed by atoms with E-state index in [1.54, 1.807) is 0 Å². The molecule has 1 aromatic heterocycles. The molecule has 0 spiro atoms. The summed E-state index contributed by atoms with van der Waals surface area (Å²) in [7, 11) is 0. The fraction of sp³-hybridized carbons (Fsp3) is 0.250. The van der Waals surface area contributed by atoms with E-state index in [0.29, 0.717) is 0 Å². The summed E-state index contributed by atoms with van der Waals surface area (Å²) in [6, 6.07) is 1.24. The summed E-state index contributed by atoms with van der Waals surface area (Å²) in [5.74, 6) is -0.362. The van der Waals surface area contributed by atoms with Crippen molar-refractivity contribution in [2.45, 2.75) is 6.42 Å². The average Bonchev–Trinajstić information content (AvgIpc) is 2.45. The number of amides is 1. The first kappa shape index (κ1) is 8.61. The van der Waals surface area contributed by atoms with Crippen molar-refractivity contribution in [3.8, 4) is 0 Å². The third-order valence-electron chi connectivity index (χ3n) is 1.90. The molecule has 0 aromatic carbocycles. The van der Waals surface area contributed by atoms with Crippen molar-refractivity contribution >= 4 is 17.6 Å². The van der Waals surface area contributed by atoms with Gasteiger partial charge in [-0.05, 0) is 0 Å². The van der Waals surface area contributed by atoms with E-state index >= 15 is 0 Å². The fourth-order valence-electron chi connectivity index (χ4n) is 1.27. The zero-order valence-electron chi connectivity index (χ0n) is 7.19. The van der Waals surface area contributed by atoms with Crippen molar-refractivity contribution < 1.29 is 9.59 Å². The number of nitrogens with one attached hydrogen (secondary N) is 1. The largest absolute Gasteiger partial charge is 0.297 e. The van der Waals surface area contributed by atoms with Gasteiger partial charge in [-0.25, -0.2) is 4.98 Å². The van der Waals surface area contributed by atoms with Crippen molar-refractivity contribution in [1.29, 1.82) is 0 Å². The summed E-state index contributed by atoms with van der Waals surface area (Å²) in [6.07, 6.45) is 1.18. The lowest BCUT2D eigenvalue weighted by atomic mass is 10.3. The summed E-state index contributed by atoms with van der Waals surface area (Å²) >= 11 is 0. The van der Waals surface area contributed by atoms with Crippen molar-refractivity contribution in [3.63, 3.8) is 0 Å². The Hall–Kier alpha value is -1.98. The molecule has 72 valence electrons. The first-order valence-corrected chi connectivity index (χ1v) is 4.04. The smallest absolute Gasteiger partial charge is 0.252 e. The van der Waals surface area contributed by atoms with Crippen molar-refractivity contribution in [2.75, 3.05) is 11.4 Å². The molecule has 1 aliphatic heterocycles. The van der Waals surface area contributed by atoms with E-state index in [0.717, 1.165) is 0 Å². The van der Waals surface area contributed by atoms with Crippen LogP contribution >= 0.6 is 0 Å². The third kappa shape index (κ3) is 1.41. The summed E-state index contributed by atoms with van der Waals surface area (Å²) < 4.78 is 0. The van der Waals surface area contributed by atoms with E-state index in [-0.39, 0.29) is 36.2 Å². The van der Waals surface area contributed by atoms with Crippen LogP contribution in [0.1, 0.15) is 6.42 Å². The Kier molecular flexibility index (Phi) is 1.88. The van der Waals surface area contributed by atoms with Crippen LogP contribution < -0.4 is 10.5 Å². The van der Waals surface area contributed by atoms with Crippen LogP contribution in [-0.2, 0) is 9.59 Å². The van der Waals surface area contributed by atoms with Crippen molar-refractivity contribution in [1.82, 2.24) is 9.97 Å². The molecule has 1 aliphatic rings. The maximum Gasteiger partial charge on any atom is 0.252 e. The van der Waals surface area contributed by atoms with Crippen molar-refractivity contribution in [3.05, 3.63) is 22.6 Å². The Bertz CT molecular complexity index is 451. The quantitative estimate of drug-likeness (QED) is 0.584. The van der Waals surface area contributed by atoms with E-state index in [2.05, 4.69) is 9.97 Å². The van der Waals surface area contributed by atoms with Gasteiger partial charge < -0.3 is 0 Å². The normalized spacial score (nSPS) is 16.4. The molecule has 0 bridgehead atoms. The van der Waals surface area contributed by atoms with Crippen LogP contribution in [0.2, 0.25) is 0 Å². The number of rotatable bonds is 1. The highest BCUT2D eigenvalue weighted by Crippen LogP contribution is 2.12. The zero-order chi connectivity index (χ0) is 10.1. The SMILES string of the molecule is O=C1CC(=O)N(c2nccc(=O)[nH]2)C1. The van der Waals surface area contributed by atoms with Gasteiger partial charge in [-0.1, -0.05) is 0 Å². The number of hydrogen-bond acceptors (Lipinski definition) is 4. The van der Waals surface area contributed by atoms with Gasteiger partial charge in [0.1, 0.15) is 0 Å². The van der Waals surface area contributed by atoms with E-state index in [1.165, 1.54) is 17.2 Å². The molecule has 1 N–H and O–H groups in total. The number of Topliss-reactive ketones (excluding diaryl/α,β-unsaturated/α-hetero) is 1. The molecule has 1 saturated heterocycles. The molecule has 6 heteroatoms. The average molecular weight is 193 g/mol. The second kappa shape index (κ2) is 3.06. The van der Waals surface area contributed by atoms with Crippen molar-refractivity contribution in [2.24, 2.45) is 0 Å². The number of carbonyl (C=O) groups is 2. The highest BCUT2D eigenvalue weighted by Gasteiger charge is 2.29. The number of aromatic nitrogens is 2. The molecule has 1 amide bonds. The Morgan fingerprint density at radius 2 is 2.14 bits per heavy atom. The van der Waals surface area contributed by atoms with Crippen LogP contribution in [0, 0.1) is 0 Å². The second-order valence-corrected chi connectivity index (χ2v) is 2.95. The number of carbonyl (C=O) groups excluding carboxylic acids is 2. The Morgan fingerprint density at radius 3 is 2.71 bits per heavy atom. The predicted molar refractivity (Wildman–Crippen MR) is 46.8 cm³/mol. The van der Waals surface area contributed by atoms with E-state index in [4.69, 9.17) is 0 Å². The Balaban J connectivity index is 2.36. The molecule has 0 atom stereocenters. The standard InChI is InChI=1S/C8H7N3O3/c12-5-3-7(14)11(4-5)8-9-2-1-6(13)10-8/h1-2H,3-4H2,(H,9,10,13). The number of anilines is 1. The molecule has 0 radical (unpaired) electrons. The first-order valence-electron chi connectivity index (χ1n) is 4.04. The third-order valence-corrected chi connectivity index (χ3v) is 1.90. The molecular formula is C8H7N3O3. The van der Waals surface area contributed by atoms with Gasteiger partial charge in [-0.15, -0.1) is 0 Å². The molecule has 0 aliphatic carbocycles. The number of H-pyrrole nitrogens is 1. The molecular weight excluding hydrogens is 186 g/mol. The minimum Gasteiger partial charge on any atom is -0.297 e. The summed E-state index contributed by atoms with van der Waals surface area (Å²) in [5, 5.41) is 0. The lowest BCUT2D eigenvalue weighted by molar-refractivity contribution is -0.121. The molecule has 0 unspecified atom stereocenters. The van der Waals surface area contributed by atoms with Crippen LogP contribution in [-0.4, -0.2) is 28.2 Å². The molecule has 2 heterocycles. The number of aromatic amines is 1. The zero-order valence-corrected chi connectivity index (χ0v) is 7.19. The Morgan fingerprint density at radius 1 is 1.36 bits per heavy atom. The van der Waals surface area contributed by atoms with Gasteiger partial charge in [0, 0.05) is 12.3 Å². The van der Waals surface area contributed by atoms with Gasteiger partial charge in [0.25, 0.3) is 5.56 Å². The van der Waals surface area contributed by atoms with Gasteiger partial charge in [-0.3, -0.25) is 24.3 Å². The summed E-state index contributed by atoms with van der Waals surface area (Å²) in [5.41, 5.74) is -0.345. The molecule has 0 saturated carbocycles. The van der Waals surface area contributed by atoms with Gasteiger partial charge >= 0.3 is 0 Å². The van der Waals surface area contributed by atoms with Gasteiger partial charge in [0.05, 0.1) is 13.0 Å². The van der Waals surface area contributed by atoms with Gasteiger partial charge in [0.2, 0.25) is 11.9 Å². The summed E-state index contributed by atoms with van der Waals surface area (Å²) in [6.45, 7) is -0.00815. The minimum atomic E-state index is -0.345. The number of nitrogens with zero attached hydrogens (tertiary/aromatic N) is 2. The van der Waals surface area contributed by atoms with Crippen LogP contribution in [0.25, 0.3) is 0 Å². The van der Waals surface area contributed by atoms with Gasteiger partial charge in [-0.2, -0.15) is 0 Å². The molecule has 2 rings (SSSR count). The molecule has 6 nitrogen and oxygen atoms in total. The molecule has 1 fully saturated rings. The maximum absolute atomic E-state index is 11.2. The monoisotopic (exact) mass is 193 g/mol. The highest BCUT2D eigenvalue weighted by molar-refractivity contribution is 6.14. The second-order valence-electron chi connectivity index (χ2n) is 2.95. The lowest BCUT2D eigenvalue weighted by Gasteiger charge is -2.11. The fourth-order valence-corrected chi connectivity index (χ4v) is 1.27. The van der Waals surface area contributed by atoms with Crippen LogP contribution in [0.15, 0.2) is 17.1 Å². The number of ketones is 1. The van der Waals surface area contributed by atoms with Gasteiger partial charge in [0.15, 0.2) is 5.78 Å². The topological polar surface area (TPSA) is 83.1 Å². The molecule has 14 heavy (non-hydrogen) atoms. The minimum absolute atomic E-state index is 0.00815. The molecule has 1 aromatic rings. The Labute approximate surface area is 78.6 Å². The maximum atomic E-state index is 11.2. The summed E-state index contributed by atoms with van der Waals surface area (Å²) in [4.78, 5) is 40.5. The van der Waals surface area contributed by atoms with Crippen LogP contribution in [0.4, 0.5) is 5.95 Å². The number of hydrogen-bond donors (Lipinski definition) is 1. The van der Waals surface area contributed by atoms with E-state index in [1.807, 2.05) is 0 Å². The first-order chi connectivity index (χ1) is 6.66.